The zero-order chi connectivity index (χ0) is 23.3. The monoisotopic (exact) mass is 466 g/mol. The third-order valence-corrected chi connectivity index (χ3v) is 4.74. The number of aliphatic hydroxyl groups excluding tert-OH is 1. The minimum atomic E-state index is -4.80. The topological polar surface area (TPSA) is 79.3 Å². The lowest BCUT2D eigenvalue weighted by atomic mass is 10.1. The normalized spacial score (nSPS) is 12.5. The van der Waals surface area contributed by atoms with Crippen LogP contribution in [0.15, 0.2) is 54.6 Å². The number of aliphatic hydroxyl groups is 1. The zero-order valence-corrected chi connectivity index (χ0v) is 18.1. The van der Waals surface area contributed by atoms with E-state index in [-0.39, 0.29) is 30.3 Å². The highest BCUT2D eigenvalue weighted by atomic mass is 35.5. The van der Waals surface area contributed by atoms with Gasteiger partial charge in [0.15, 0.2) is 0 Å². The molecule has 3 aromatic rings. The molecule has 170 valence electrons. The van der Waals surface area contributed by atoms with Gasteiger partial charge in [0.05, 0.1) is 18.3 Å². The van der Waals surface area contributed by atoms with E-state index in [0.29, 0.717) is 27.8 Å². The van der Waals surface area contributed by atoms with Crippen LogP contribution in [-0.2, 0) is 0 Å². The molecule has 1 atom stereocenters. The average Bonchev–Trinajstić information content (AvgIpc) is 2.70. The Balaban J connectivity index is 2.00. The lowest BCUT2D eigenvalue weighted by Crippen LogP contribution is -2.30. The Bertz CT molecular complexity index is 1060. The fraction of sp³-hybridized carbons (Fsp3) is 0.273. The predicted molar refractivity (Wildman–Crippen MR) is 118 cm³/mol. The van der Waals surface area contributed by atoms with Gasteiger partial charge in [-0.15, -0.1) is 13.2 Å². The minimum Gasteiger partial charge on any atom is -0.406 e. The van der Waals surface area contributed by atoms with Gasteiger partial charge in [-0.1, -0.05) is 43.6 Å². The highest BCUT2D eigenvalue weighted by molar-refractivity contribution is 6.30. The smallest absolute Gasteiger partial charge is 0.406 e. The summed E-state index contributed by atoms with van der Waals surface area (Å²) < 4.78 is 41.9. The molecule has 1 heterocycles. The Hall–Kier alpha value is -3.04. The van der Waals surface area contributed by atoms with Crippen molar-refractivity contribution in [2.24, 2.45) is 5.92 Å². The van der Waals surface area contributed by atoms with Crippen LogP contribution >= 0.6 is 11.6 Å². The van der Waals surface area contributed by atoms with Gasteiger partial charge in [-0.25, -0.2) is 4.98 Å². The van der Waals surface area contributed by atoms with E-state index in [1.165, 1.54) is 18.2 Å². The molecule has 10 heteroatoms. The van der Waals surface area contributed by atoms with Crippen molar-refractivity contribution in [1.29, 1.82) is 0 Å². The number of benzene rings is 2. The first kappa shape index (κ1) is 23.6. The molecule has 1 aromatic heterocycles. The molecule has 6 nitrogen and oxygen atoms in total. The first-order chi connectivity index (χ1) is 15.1. The van der Waals surface area contributed by atoms with Crippen molar-refractivity contribution < 1.29 is 23.0 Å². The van der Waals surface area contributed by atoms with Crippen LogP contribution in [0.4, 0.5) is 30.6 Å². The summed E-state index contributed by atoms with van der Waals surface area (Å²) in [5.74, 6) is 0.326. The molecule has 0 aliphatic heterocycles. The second-order valence-electron chi connectivity index (χ2n) is 7.35. The predicted octanol–water partition coefficient (Wildman–Crippen LogP) is 5.87. The molecule has 3 N–H and O–H groups in total. The van der Waals surface area contributed by atoms with Crippen molar-refractivity contribution in [2.75, 3.05) is 17.2 Å². The van der Waals surface area contributed by atoms with Gasteiger partial charge in [0.25, 0.3) is 0 Å². The number of hydrogen-bond donors (Lipinski definition) is 3. The molecular weight excluding hydrogens is 445 g/mol. The number of hydrogen-bond acceptors (Lipinski definition) is 6. The Morgan fingerprint density at radius 2 is 1.81 bits per heavy atom. The second kappa shape index (κ2) is 10.1. The summed E-state index contributed by atoms with van der Waals surface area (Å²) in [6.07, 6.45) is -4.80. The van der Waals surface area contributed by atoms with E-state index in [2.05, 4.69) is 25.3 Å². The van der Waals surface area contributed by atoms with E-state index in [9.17, 15) is 18.3 Å². The van der Waals surface area contributed by atoms with Crippen LogP contribution in [0.1, 0.15) is 13.8 Å². The summed E-state index contributed by atoms with van der Waals surface area (Å²) in [6.45, 7) is 3.72. The molecule has 0 spiro atoms. The fourth-order valence-corrected chi connectivity index (χ4v) is 3.07. The number of rotatable bonds is 8. The number of halogens is 4. The maximum absolute atomic E-state index is 12.6. The van der Waals surface area contributed by atoms with Crippen LogP contribution < -0.4 is 15.4 Å². The first-order valence-electron chi connectivity index (χ1n) is 9.78. The Morgan fingerprint density at radius 3 is 2.47 bits per heavy atom. The van der Waals surface area contributed by atoms with Gasteiger partial charge < -0.3 is 20.5 Å². The molecule has 0 unspecified atom stereocenters. The highest BCUT2D eigenvalue weighted by Crippen LogP contribution is 2.30. The third-order valence-electron chi connectivity index (χ3n) is 4.50. The molecule has 0 aliphatic rings. The lowest BCUT2D eigenvalue weighted by Gasteiger charge is -2.21. The van der Waals surface area contributed by atoms with Crippen LogP contribution in [-0.4, -0.2) is 34.1 Å². The average molecular weight is 467 g/mol. The number of ether oxygens (including phenoxy) is 1. The van der Waals surface area contributed by atoms with Gasteiger partial charge in [-0.3, -0.25) is 0 Å². The van der Waals surface area contributed by atoms with Crippen LogP contribution in [0.3, 0.4) is 0 Å². The van der Waals surface area contributed by atoms with Crippen molar-refractivity contribution in [1.82, 2.24) is 9.97 Å². The minimum absolute atomic E-state index is 0.0834. The van der Waals surface area contributed by atoms with Gasteiger partial charge >= 0.3 is 6.36 Å². The first-order valence-corrected chi connectivity index (χ1v) is 10.2. The molecule has 0 saturated heterocycles. The van der Waals surface area contributed by atoms with Gasteiger partial charge in [0.2, 0.25) is 5.95 Å². The SMILES string of the molecule is CC(C)[C@H](CO)Nc1nc(Nc2cccc(Cl)c2)cc(-c2cccc(OC(F)(F)F)c2)n1. The Morgan fingerprint density at radius 1 is 1.06 bits per heavy atom. The molecule has 0 bridgehead atoms. The van der Waals surface area contributed by atoms with Crippen LogP contribution in [0.2, 0.25) is 5.02 Å². The van der Waals surface area contributed by atoms with E-state index in [0.717, 1.165) is 0 Å². The van der Waals surface area contributed by atoms with Gasteiger partial charge in [-0.2, -0.15) is 4.98 Å². The molecule has 2 aromatic carbocycles. The molecule has 0 aliphatic carbocycles. The molecule has 3 rings (SSSR count). The number of nitrogens with one attached hydrogen (secondary N) is 2. The lowest BCUT2D eigenvalue weighted by molar-refractivity contribution is -0.274. The van der Waals surface area contributed by atoms with Crippen molar-refractivity contribution in [3.63, 3.8) is 0 Å². The summed E-state index contributed by atoms with van der Waals surface area (Å²) in [5.41, 5.74) is 1.43. The van der Waals surface area contributed by atoms with Crippen molar-refractivity contribution in [2.45, 2.75) is 26.3 Å². The van der Waals surface area contributed by atoms with E-state index < -0.39 is 6.36 Å². The molecule has 0 fully saturated rings. The molecular formula is C22H22ClF3N4O2. The molecule has 32 heavy (non-hydrogen) atoms. The van der Waals surface area contributed by atoms with Crippen molar-refractivity contribution >= 4 is 29.1 Å². The summed E-state index contributed by atoms with van der Waals surface area (Å²) in [5, 5.41) is 16.4. The maximum atomic E-state index is 12.6. The second-order valence-corrected chi connectivity index (χ2v) is 7.79. The summed E-state index contributed by atoms with van der Waals surface area (Å²) >= 11 is 6.04. The maximum Gasteiger partial charge on any atom is 0.573 e. The fourth-order valence-electron chi connectivity index (χ4n) is 2.88. The van der Waals surface area contributed by atoms with Crippen LogP contribution in [0.5, 0.6) is 5.75 Å². The zero-order valence-electron chi connectivity index (χ0n) is 17.3. The van der Waals surface area contributed by atoms with Crippen LogP contribution in [0, 0.1) is 5.92 Å². The standard InChI is InChI=1S/C22H22ClF3N4O2/c1-13(2)19(12-31)29-21-28-18(14-5-3-8-17(9-14)32-22(24,25)26)11-20(30-21)27-16-7-4-6-15(23)10-16/h3-11,13,19,31H,12H2,1-2H3,(H2,27,28,29,30)/t19-/m0/s1. The summed E-state index contributed by atoms with van der Waals surface area (Å²) in [4.78, 5) is 8.87. The van der Waals surface area contributed by atoms with Crippen molar-refractivity contribution in [3.05, 3.63) is 59.6 Å². The van der Waals surface area contributed by atoms with E-state index in [4.69, 9.17) is 11.6 Å². The van der Waals surface area contributed by atoms with E-state index >= 15 is 0 Å². The summed E-state index contributed by atoms with van der Waals surface area (Å²) in [7, 11) is 0. The van der Waals surface area contributed by atoms with Crippen LogP contribution in [0.25, 0.3) is 11.3 Å². The number of aromatic nitrogens is 2. The Labute approximate surface area is 188 Å². The molecule has 0 saturated carbocycles. The number of anilines is 3. The number of alkyl halides is 3. The molecule has 0 amide bonds. The number of nitrogens with zero attached hydrogens (tertiary/aromatic N) is 2. The van der Waals surface area contributed by atoms with Gasteiger partial charge in [-0.05, 0) is 36.2 Å². The van der Waals surface area contributed by atoms with Gasteiger partial charge in [0, 0.05) is 22.3 Å². The van der Waals surface area contributed by atoms with Crippen molar-refractivity contribution in [3.8, 4) is 17.0 Å². The quantitative estimate of drug-likeness (QED) is 0.385. The largest absolute Gasteiger partial charge is 0.573 e. The third kappa shape index (κ3) is 6.73. The summed E-state index contributed by atoms with van der Waals surface area (Å²) in [6, 6.07) is 13.8. The Kier molecular flexibility index (Phi) is 7.42. The van der Waals surface area contributed by atoms with Gasteiger partial charge in [0.1, 0.15) is 11.6 Å². The van der Waals surface area contributed by atoms with E-state index in [1.807, 2.05) is 13.8 Å². The highest BCUT2D eigenvalue weighted by Gasteiger charge is 2.31. The molecule has 0 radical (unpaired) electrons. The van der Waals surface area contributed by atoms with E-state index in [1.54, 1.807) is 36.4 Å².